The number of rotatable bonds is 3. The van der Waals surface area contributed by atoms with Crippen LogP contribution in [0.4, 0.5) is 0 Å². The van der Waals surface area contributed by atoms with Gasteiger partial charge in [-0.15, -0.1) is 0 Å². The van der Waals surface area contributed by atoms with Crippen LogP contribution in [0.1, 0.15) is 48.7 Å². The number of morpholine rings is 1. The van der Waals surface area contributed by atoms with Gasteiger partial charge < -0.3 is 19.5 Å². The molecule has 1 aromatic rings. The number of nitrogens with zero attached hydrogens (tertiary/aromatic N) is 3. The van der Waals surface area contributed by atoms with E-state index in [-0.39, 0.29) is 23.8 Å². The van der Waals surface area contributed by atoms with Gasteiger partial charge in [0.15, 0.2) is 0 Å². The van der Waals surface area contributed by atoms with Crippen molar-refractivity contribution in [1.82, 2.24) is 20.4 Å². The molecule has 7 nitrogen and oxygen atoms in total. The van der Waals surface area contributed by atoms with Crippen LogP contribution in [-0.4, -0.2) is 53.3 Å². The standard InChI is InChI=1S/C13H20N4O3/c1-2-9-8-19-7-6-17(9)13(18)11-15-12(20-16-11)10-4-3-5-14-10/h9-10,14H,2-8H2,1H3. The molecule has 2 fully saturated rings. The van der Waals surface area contributed by atoms with E-state index in [1.165, 1.54) is 0 Å². The highest BCUT2D eigenvalue weighted by Crippen LogP contribution is 2.22. The lowest BCUT2D eigenvalue weighted by molar-refractivity contribution is -0.00357. The van der Waals surface area contributed by atoms with E-state index in [1.54, 1.807) is 4.90 Å². The van der Waals surface area contributed by atoms with Gasteiger partial charge in [-0.25, -0.2) is 0 Å². The summed E-state index contributed by atoms with van der Waals surface area (Å²) in [7, 11) is 0. The first kappa shape index (κ1) is 13.5. The molecule has 1 aromatic heterocycles. The normalized spacial score (nSPS) is 26.9. The summed E-state index contributed by atoms with van der Waals surface area (Å²) >= 11 is 0. The fraction of sp³-hybridized carbons (Fsp3) is 0.769. The first-order chi connectivity index (χ1) is 9.79. The zero-order chi connectivity index (χ0) is 13.9. The summed E-state index contributed by atoms with van der Waals surface area (Å²) in [5.41, 5.74) is 0. The number of hydrogen-bond donors (Lipinski definition) is 1. The summed E-state index contributed by atoms with van der Waals surface area (Å²) in [6, 6.07) is 0.193. The maximum absolute atomic E-state index is 12.5. The second-order valence-corrected chi connectivity index (χ2v) is 5.24. The smallest absolute Gasteiger partial charge is 0.295 e. The van der Waals surface area contributed by atoms with Crippen LogP contribution in [0.5, 0.6) is 0 Å². The highest BCUT2D eigenvalue weighted by molar-refractivity contribution is 5.90. The molecule has 0 bridgehead atoms. The summed E-state index contributed by atoms with van der Waals surface area (Å²) in [5.74, 6) is 0.523. The Morgan fingerprint density at radius 2 is 2.45 bits per heavy atom. The van der Waals surface area contributed by atoms with Gasteiger partial charge in [0.1, 0.15) is 0 Å². The van der Waals surface area contributed by atoms with Gasteiger partial charge in [-0.1, -0.05) is 12.1 Å². The van der Waals surface area contributed by atoms with E-state index in [0.29, 0.717) is 25.6 Å². The Morgan fingerprint density at radius 3 is 3.20 bits per heavy atom. The van der Waals surface area contributed by atoms with E-state index < -0.39 is 0 Å². The second kappa shape index (κ2) is 5.88. The molecular formula is C13H20N4O3. The molecule has 2 aliphatic rings. The van der Waals surface area contributed by atoms with Crippen LogP contribution < -0.4 is 5.32 Å². The molecule has 110 valence electrons. The lowest BCUT2D eigenvalue weighted by Gasteiger charge is -2.34. The topological polar surface area (TPSA) is 80.5 Å². The van der Waals surface area contributed by atoms with Crippen LogP contribution in [0.3, 0.4) is 0 Å². The molecule has 20 heavy (non-hydrogen) atoms. The van der Waals surface area contributed by atoms with Gasteiger partial charge in [0.2, 0.25) is 5.89 Å². The largest absolute Gasteiger partial charge is 0.377 e. The number of carbonyl (C=O) groups is 1. The van der Waals surface area contributed by atoms with Crippen LogP contribution in [-0.2, 0) is 4.74 Å². The van der Waals surface area contributed by atoms with Crippen molar-refractivity contribution < 1.29 is 14.1 Å². The Labute approximate surface area is 117 Å². The summed E-state index contributed by atoms with van der Waals surface area (Å²) < 4.78 is 10.6. The molecule has 3 rings (SSSR count). The van der Waals surface area contributed by atoms with Crippen molar-refractivity contribution in [2.24, 2.45) is 0 Å². The third-order valence-corrected chi connectivity index (χ3v) is 3.95. The first-order valence-electron chi connectivity index (χ1n) is 7.25. The zero-order valence-corrected chi connectivity index (χ0v) is 11.7. The lowest BCUT2D eigenvalue weighted by atomic mass is 10.1. The molecule has 0 spiro atoms. The molecule has 3 heterocycles. The summed E-state index contributed by atoms with van der Waals surface area (Å²) in [4.78, 5) is 18.5. The van der Waals surface area contributed by atoms with Crippen LogP contribution in [0.15, 0.2) is 4.52 Å². The molecule has 0 aliphatic carbocycles. The molecule has 2 atom stereocenters. The minimum absolute atomic E-state index is 0.0933. The van der Waals surface area contributed by atoms with Gasteiger partial charge in [0.25, 0.3) is 11.7 Å². The van der Waals surface area contributed by atoms with Gasteiger partial charge in [0, 0.05) is 6.54 Å². The minimum Gasteiger partial charge on any atom is -0.377 e. The first-order valence-corrected chi connectivity index (χ1v) is 7.25. The summed E-state index contributed by atoms with van der Waals surface area (Å²) in [6.45, 7) is 4.73. The Kier molecular flexibility index (Phi) is 3.98. The zero-order valence-electron chi connectivity index (χ0n) is 11.7. The monoisotopic (exact) mass is 280 g/mol. The van der Waals surface area contributed by atoms with Crippen molar-refractivity contribution in [3.05, 3.63) is 11.7 Å². The fourth-order valence-electron chi connectivity index (χ4n) is 2.75. The molecule has 2 aliphatic heterocycles. The molecule has 2 unspecified atom stereocenters. The number of amides is 1. The molecule has 1 amide bonds. The van der Waals surface area contributed by atoms with Crippen molar-refractivity contribution in [2.45, 2.75) is 38.3 Å². The number of ether oxygens (including phenoxy) is 1. The Bertz CT molecular complexity index is 470. The molecule has 1 N–H and O–H groups in total. The maximum atomic E-state index is 12.5. The Hall–Kier alpha value is -1.47. The van der Waals surface area contributed by atoms with E-state index in [4.69, 9.17) is 9.26 Å². The molecule has 2 saturated heterocycles. The van der Waals surface area contributed by atoms with Gasteiger partial charge in [-0.2, -0.15) is 4.98 Å². The van der Waals surface area contributed by atoms with Gasteiger partial charge in [-0.3, -0.25) is 4.79 Å². The lowest BCUT2D eigenvalue weighted by Crippen LogP contribution is -2.48. The fourth-order valence-corrected chi connectivity index (χ4v) is 2.75. The average molecular weight is 280 g/mol. The van der Waals surface area contributed by atoms with Crippen molar-refractivity contribution in [1.29, 1.82) is 0 Å². The van der Waals surface area contributed by atoms with E-state index in [0.717, 1.165) is 25.8 Å². The van der Waals surface area contributed by atoms with Crippen molar-refractivity contribution in [3.63, 3.8) is 0 Å². The number of carbonyl (C=O) groups excluding carboxylic acids is 1. The number of hydrogen-bond acceptors (Lipinski definition) is 6. The van der Waals surface area contributed by atoms with Gasteiger partial charge >= 0.3 is 0 Å². The molecule has 0 aromatic carbocycles. The van der Waals surface area contributed by atoms with Crippen LogP contribution in [0.25, 0.3) is 0 Å². The SMILES string of the molecule is CCC1COCCN1C(=O)c1noc(C2CCCN2)n1. The van der Waals surface area contributed by atoms with E-state index in [1.807, 2.05) is 6.92 Å². The molecule has 0 saturated carbocycles. The third kappa shape index (κ3) is 2.55. The van der Waals surface area contributed by atoms with Crippen LogP contribution >= 0.6 is 0 Å². The Morgan fingerprint density at radius 1 is 1.55 bits per heavy atom. The van der Waals surface area contributed by atoms with Crippen molar-refractivity contribution in [3.8, 4) is 0 Å². The second-order valence-electron chi connectivity index (χ2n) is 5.24. The van der Waals surface area contributed by atoms with Crippen LogP contribution in [0.2, 0.25) is 0 Å². The third-order valence-electron chi connectivity index (χ3n) is 3.95. The Balaban J connectivity index is 1.72. The predicted molar refractivity (Wildman–Crippen MR) is 70.2 cm³/mol. The molecular weight excluding hydrogens is 260 g/mol. The minimum atomic E-state index is -0.159. The van der Waals surface area contributed by atoms with E-state index >= 15 is 0 Å². The molecule has 0 radical (unpaired) electrons. The highest BCUT2D eigenvalue weighted by atomic mass is 16.5. The number of aromatic nitrogens is 2. The van der Waals surface area contributed by atoms with Crippen LogP contribution in [0, 0.1) is 0 Å². The average Bonchev–Trinajstić information content (AvgIpc) is 3.16. The van der Waals surface area contributed by atoms with Crippen molar-refractivity contribution >= 4 is 5.91 Å². The van der Waals surface area contributed by atoms with E-state index in [9.17, 15) is 4.79 Å². The predicted octanol–water partition coefficient (Wildman–Crippen LogP) is 0.745. The van der Waals surface area contributed by atoms with Gasteiger partial charge in [0.05, 0.1) is 25.3 Å². The number of nitrogens with one attached hydrogen (secondary N) is 1. The maximum Gasteiger partial charge on any atom is 0.295 e. The summed E-state index contributed by atoms with van der Waals surface area (Å²) in [6.07, 6.45) is 2.93. The van der Waals surface area contributed by atoms with Gasteiger partial charge in [-0.05, 0) is 25.8 Å². The quantitative estimate of drug-likeness (QED) is 0.880. The van der Waals surface area contributed by atoms with E-state index in [2.05, 4.69) is 15.5 Å². The summed E-state index contributed by atoms with van der Waals surface area (Å²) in [5, 5.41) is 7.13. The van der Waals surface area contributed by atoms with Crippen molar-refractivity contribution in [2.75, 3.05) is 26.3 Å². The molecule has 7 heteroatoms. The highest BCUT2D eigenvalue weighted by Gasteiger charge is 2.31.